The Hall–Kier alpha value is -1.20. The van der Waals surface area contributed by atoms with E-state index in [4.69, 9.17) is 0 Å². The van der Waals surface area contributed by atoms with Gasteiger partial charge < -0.3 is 10.6 Å². The van der Waals surface area contributed by atoms with Crippen LogP contribution < -0.4 is 10.6 Å². The van der Waals surface area contributed by atoms with E-state index < -0.39 is 11.6 Å². The average Bonchev–Trinajstić information content (AvgIpc) is 3.38. The van der Waals surface area contributed by atoms with Crippen molar-refractivity contribution in [3.63, 3.8) is 0 Å². The number of carbonyl (C=O) groups is 1. The van der Waals surface area contributed by atoms with Crippen LogP contribution in [-0.2, 0) is 4.79 Å². The Morgan fingerprint density at radius 2 is 1.80 bits per heavy atom. The number of halogens is 3. The first-order chi connectivity index (χ1) is 11.6. The predicted molar refractivity (Wildman–Crippen MR) is 97.0 cm³/mol. The minimum atomic E-state index is -0.454. The Morgan fingerprint density at radius 3 is 2.52 bits per heavy atom. The summed E-state index contributed by atoms with van der Waals surface area (Å²) in [5, 5.41) is 6.43. The van der Waals surface area contributed by atoms with Crippen LogP contribution in [0.1, 0.15) is 56.4 Å². The van der Waals surface area contributed by atoms with Crippen LogP contribution in [0.2, 0.25) is 0 Å². The molecule has 0 bridgehead atoms. The quantitative estimate of drug-likeness (QED) is 0.587. The number of rotatable bonds is 6. The van der Waals surface area contributed by atoms with Gasteiger partial charge in [0.05, 0.1) is 0 Å². The second-order valence-electron chi connectivity index (χ2n) is 7.05. The maximum absolute atomic E-state index is 13.7. The third-order valence-corrected chi connectivity index (χ3v) is 5.20. The van der Waals surface area contributed by atoms with Gasteiger partial charge in [-0.15, -0.1) is 12.4 Å². The van der Waals surface area contributed by atoms with Gasteiger partial charge in [0.15, 0.2) is 0 Å². The number of hydrogen-bond acceptors (Lipinski definition) is 2. The Morgan fingerprint density at radius 1 is 1.08 bits per heavy atom. The molecule has 1 amide bonds. The molecule has 3 rings (SSSR count). The summed E-state index contributed by atoms with van der Waals surface area (Å²) in [7, 11) is 0. The maximum atomic E-state index is 13.7. The van der Waals surface area contributed by atoms with Crippen LogP contribution in [0.25, 0.3) is 0 Å². The molecule has 25 heavy (non-hydrogen) atoms. The molecule has 2 aliphatic carbocycles. The first kappa shape index (κ1) is 20.1. The Labute approximate surface area is 154 Å². The molecule has 1 aromatic carbocycles. The Bertz CT molecular complexity index is 577. The van der Waals surface area contributed by atoms with Crippen molar-refractivity contribution in [2.45, 2.75) is 56.9 Å². The van der Waals surface area contributed by atoms with E-state index in [1.807, 2.05) is 0 Å². The fourth-order valence-electron chi connectivity index (χ4n) is 3.70. The van der Waals surface area contributed by atoms with Crippen molar-refractivity contribution in [2.24, 2.45) is 5.92 Å². The van der Waals surface area contributed by atoms with Crippen LogP contribution >= 0.6 is 12.4 Å². The summed E-state index contributed by atoms with van der Waals surface area (Å²) in [6.07, 6.45) is 8.26. The molecule has 2 fully saturated rings. The molecule has 140 valence electrons. The van der Waals surface area contributed by atoms with Crippen molar-refractivity contribution in [1.29, 1.82) is 0 Å². The van der Waals surface area contributed by atoms with E-state index in [1.165, 1.54) is 44.6 Å². The number of benzene rings is 1. The smallest absolute Gasteiger partial charge is 0.223 e. The highest BCUT2D eigenvalue weighted by atomic mass is 35.5. The second kappa shape index (κ2) is 9.48. The van der Waals surface area contributed by atoms with Crippen molar-refractivity contribution in [3.05, 3.63) is 35.4 Å². The maximum Gasteiger partial charge on any atom is 0.223 e. The van der Waals surface area contributed by atoms with Gasteiger partial charge >= 0.3 is 0 Å². The van der Waals surface area contributed by atoms with Crippen molar-refractivity contribution in [2.75, 3.05) is 13.1 Å². The van der Waals surface area contributed by atoms with Crippen molar-refractivity contribution in [1.82, 2.24) is 10.6 Å². The van der Waals surface area contributed by atoms with Gasteiger partial charge in [0.1, 0.15) is 11.6 Å². The summed E-state index contributed by atoms with van der Waals surface area (Å²) in [4.78, 5) is 12.1. The van der Waals surface area contributed by atoms with Gasteiger partial charge in [-0.25, -0.2) is 8.78 Å². The zero-order valence-corrected chi connectivity index (χ0v) is 15.2. The minimum Gasteiger partial charge on any atom is -0.355 e. The number of hydrogen-bond donors (Lipinski definition) is 2. The van der Waals surface area contributed by atoms with Gasteiger partial charge in [-0.3, -0.25) is 4.79 Å². The summed E-state index contributed by atoms with van der Waals surface area (Å²) in [5.74, 6) is -1.34. The molecule has 2 aliphatic rings. The summed E-state index contributed by atoms with van der Waals surface area (Å²) in [6, 6.07) is 4.02. The lowest BCUT2D eigenvalue weighted by Gasteiger charge is -2.16. The molecule has 2 saturated carbocycles. The lowest BCUT2D eigenvalue weighted by atomic mass is 10.1. The average molecular weight is 373 g/mol. The highest BCUT2D eigenvalue weighted by Crippen LogP contribution is 2.48. The van der Waals surface area contributed by atoms with Gasteiger partial charge in [-0.1, -0.05) is 25.7 Å². The molecule has 2 atom stereocenters. The van der Waals surface area contributed by atoms with Gasteiger partial charge in [-0.05, 0) is 48.9 Å². The molecule has 0 spiro atoms. The van der Waals surface area contributed by atoms with E-state index in [1.54, 1.807) is 0 Å². The highest BCUT2D eigenvalue weighted by Gasteiger charge is 2.45. The van der Waals surface area contributed by atoms with Crippen LogP contribution in [-0.4, -0.2) is 25.0 Å². The lowest BCUT2D eigenvalue weighted by Crippen LogP contribution is -2.37. The largest absolute Gasteiger partial charge is 0.355 e. The SMILES string of the molecule is Cl.O=C(NCCNC1CCCCCC1)C1CC1c1cc(F)ccc1F. The second-order valence-corrected chi connectivity index (χ2v) is 7.05. The van der Waals surface area contributed by atoms with Crippen LogP contribution in [0.15, 0.2) is 18.2 Å². The van der Waals surface area contributed by atoms with E-state index in [2.05, 4.69) is 10.6 Å². The van der Waals surface area contributed by atoms with Gasteiger partial charge in [0.25, 0.3) is 0 Å². The first-order valence-corrected chi connectivity index (χ1v) is 9.11. The standard InChI is InChI=1S/C19H26F2N2O.ClH/c20-13-7-8-18(21)16(11-13)15-12-17(15)19(24)23-10-9-22-14-5-3-1-2-4-6-14;/h7-8,11,14-15,17,22H,1-6,9-10,12H2,(H,23,24);1H. The summed E-state index contributed by atoms with van der Waals surface area (Å²) in [5.41, 5.74) is 0.326. The van der Waals surface area contributed by atoms with Crippen LogP contribution in [0.3, 0.4) is 0 Å². The number of carbonyl (C=O) groups excluding carboxylic acids is 1. The molecule has 0 aromatic heterocycles. The van der Waals surface area contributed by atoms with Crippen molar-refractivity contribution >= 4 is 18.3 Å². The predicted octanol–water partition coefficient (Wildman–Crippen LogP) is 3.92. The summed E-state index contributed by atoms with van der Waals surface area (Å²) in [6.45, 7) is 1.35. The van der Waals surface area contributed by atoms with E-state index in [9.17, 15) is 13.6 Å². The molecule has 2 unspecified atom stereocenters. The Kier molecular flexibility index (Phi) is 7.63. The Balaban J connectivity index is 0.00000225. The first-order valence-electron chi connectivity index (χ1n) is 9.11. The molecule has 0 radical (unpaired) electrons. The molecule has 0 aliphatic heterocycles. The third-order valence-electron chi connectivity index (χ3n) is 5.20. The number of nitrogens with one attached hydrogen (secondary N) is 2. The van der Waals surface area contributed by atoms with E-state index in [-0.39, 0.29) is 30.2 Å². The summed E-state index contributed by atoms with van der Waals surface area (Å²) < 4.78 is 27.0. The molecular weight excluding hydrogens is 346 g/mol. The molecule has 2 N–H and O–H groups in total. The molecular formula is C19H27ClF2N2O. The molecule has 0 saturated heterocycles. The topological polar surface area (TPSA) is 41.1 Å². The van der Waals surface area contributed by atoms with Crippen LogP contribution in [0.5, 0.6) is 0 Å². The fourth-order valence-corrected chi connectivity index (χ4v) is 3.70. The van der Waals surface area contributed by atoms with E-state index in [0.29, 0.717) is 24.6 Å². The summed E-state index contributed by atoms with van der Waals surface area (Å²) >= 11 is 0. The third kappa shape index (κ3) is 5.65. The van der Waals surface area contributed by atoms with E-state index >= 15 is 0 Å². The van der Waals surface area contributed by atoms with Gasteiger partial charge in [0.2, 0.25) is 5.91 Å². The van der Waals surface area contributed by atoms with Crippen molar-refractivity contribution < 1.29 is 13.6 Å². The fraction of sp³-hybridized carbons (Fsp3) is 0.632. The zero-order chi connectivity index (χ0) is 16.9. The molecule has 1 aromatic rings. The molecule has 3 nitrogen and oxygen atoms in total. The van der Waals surface area contributed by atoms with Crippen LogP contribution in [0.4, 0.5) is 8.78 Å². The van der Waals surface area contributed by atoms with Crippen LogP contribution in [0, 0.1) is 17.6 Å². The minimum absolute atomic E-state index is 0. The van der Waals surface area contributed by atoms with Crippen molar-refractivity contribution in [3.8, 4) is 0 Å². The highest BCUT2D eigenvalue weighted by molar-refractivity contribution is 5.85. The van der Waals surface area contributed by atoms with E-state index in [0.717, 1.165) is 18.7 Å². The van der Waals surface area contributed by atoms with Gasteiger partial charge in [-0.2, -0.15) is 0 Å². The molecule has 6 heteroatoms. The monoisotopic (exact) mass is 372 g/mol. The molecule has 0 heterocycles. The lowest BCUT2D eigenvalue weighted by molar-refractivity contribution is -0.122. The zero-order valence-electron chi connectivity index (χ0n) is 14.4. The number of amides is 1. The van der Waals surface area contributed by atoms with Gasteiger partial charge in [0, 0.05) is 25.0 Å². The normalized spacial score (nSPS) is 23.4.